The summed E-state index contributed by atoms with van der Waals surface area (Å²) in [6, 6.07) is 8.65. The summed E-state index contributed by atoms with van der Waals surface area (Å²) >= 11 is 0. The van der Waals surface area contributed by atoms with Crippen molar-refractivity contribution in [2.75, 3.05) is 32.8 Å². The first-order valence-corrected chi connectivity index (χ1v) is 24.9. The van der Waals surface area contributed by atoms with Crippen molar-refractivity contribution in [3.63, 3.8) is 0 Å². The van der Waals surface area contributed by atoms with Crippen molar-refractivity contribution in [3.05, 3.63) is 59.7 Å². The molecule has 0 heterocycles. The van der Waals surface area contributed by atoms with Crippen molar-refractivity contribution in [2.24, 2.45) is 17.6 Å². The van der Waals surface area contributed by atoms with Gasteiger partial charge in [0.05, 0.1) is 19.5 Å². The maximum Gasteiger partial charge on any atom is 0.408 e. The lowest BCUT2D eigenvalue weighted by atomic mass is 9.98. The number of hydrogen-bond acceptors (Lipinski definition) is 15. The molecule has 2 aromatic carbocycles. The normalized spacial score (nSPS) is 13.9. The third-order valence-electron chi connectivity index (χ3n) is 11.0. The van der Waals surface area contributed by atoms with E-state index in [-0.39, 0.29) is 37.8 Å². The molecule has 10 N–H and O–H groups in total. The molecule has 0 spiro atoms. The van der Waals surface area contributed by atoms with Crippen LogP contribution < -0.4 is 48.3 Å². The molecule has 3 rings (SSSR count). The molecule has 0 bridgehead atoms. The Hall–Kier alpha value is -7.79. The highest BCUT2D eigenvalue weighted by atomic mass is 16.6. The molecule has 0 aromatic heterocycles. The van der Waals surface area contributed by atoms with Gasteiger partial charge in [0.1, 0.15) is 48.0 Å². The topological polar surface area (TPSA) is 347 Å². The Balaban J connectivity index is 1.72. The number of fused-ring (bicyclic) bond motifs is 3. The van der Waals surface area contributed by atoms with Crippen LogP contribution in [0.2, 0.25) is 0 Å². The summed E-state index contributed by atoms with van der Waals surface area (Å²) in [6.07, 6.45) is -2.93. The second-order valence-electron chi connectivity index (χ2n) is 20.9. The van der Waals surface area contributed by atoms with Crippen LogP contribution in [0.3, 0.4) is 0 Å². The van der Waals surface area contributed by atoms with Crippen LogP contribution in [0.1, 0.15) is 112 Å². The Morgan fingerprint density at radius 2 is 1.14 bits per heavy atom. The minimum Gasteiger partial charge on any atom is -0.458 e. The molecular weight excluding hydrogens is 991 g/mol. The molecular formula is C52H75N9O15. The smallest absolute Gasteiger partial charge is 0.408 e. The second kappa shape index (κ2) is 28.8. The molecule has 0 unspecified atom stereocenters. The van der Waals surface area contributed by atoms with Gasteiger partial charge < -0.3 is 67.2 Å². The van der Waals surface area contributed by atoms with Gasteiger partial charge in [-0.25, -0.2) is 14.4 Å². The number of amides is 9. The molecule has 9 amide bonds. The van der Waals surface area contributed by atoms with E-state index in [0.717, 1.165) is 22.3 Å². The maximum atomic E-state index is 14.0. The van der Waals surface area contributed by atoms with Crippen LogP contribution >= 0.6 is 0 Å². The molecule has 0 aliphatic heterocycles. The maximum absolute atomic E-state index is 14.0. The van der Waals surface area contributed by atoms with Crippen LogP contribution in [0.25, 0.3) is 11.1 Å². The lowest BCUT2D eigenvalue weighted by Gasteiger charge is -2.28. The van der Waals surface area contributed by atoms with Gasteiger partial charge in [0, 0.05) is 12.5 Å². The van der Waals surface area contributed by atoms with Crippen LogP contribution in [-0.2, 0) is 62.1 Å². The first-order valence-electron chi connectivity index (χ1n) is 24.9. The Kier molecular flexibility index (Phi) is 23.7. The van der Waals surface area contributed by atoms with E-state index >= 15 is 0 Å². The van der Waals surface area contributed by atoms with E-state index in [9.17, 15) is 52.7 Å². The molecule has 0 saturated heterocycles. The van der Waals surface area contributed by atoms with E-state index in [2.05, 4.69) is 42.5 Å². The van der Waals surface area contributed by atoms with Gasteiger partial charge in [-0.1, -0.05) is 76.2 Å². The van der Waals surface area contributed by atoms with Gasteiger partial charge in [-0.15, -0.1) is 0 Å². The lowest BCUT2D eigenvalue weighted by Crippen LogP contribution is -2.58. The number of carbonyl (C=O) groups excluding carboxylic acids is 11. The van der Waals surface area contributed by atoms with Crippen molar-refractivity contribution in [2.45, 2.75) is 143 Å². The van der Waals surface area contributed by atoms with Crippen molar-refractivity contribution in [1.29, 1.82) is 0 Å². The third-order valence-corrected chi connectivity index (χ3v) is 11.0. The largest absolute Gasteiger partial charge is 0.458 e. The van der Waals surface area contributed by atoms with Crippen LogP contribution in [0.15, 0.2) is 48.5 Å². The first-order chi connectivity index (χ1) is 35.4. The van der Waals surface area contributed by atoms with Crippen molar-refractivity contribution in [3.8, 4) is 11.1 Å². The fourth-order valence-electron chi connectivity index (χ4n) is 7.55. The third kappa shape index (κ3) is 21.6. The molecule has 5 atom stereocenters. The molecule has 76 heavy (non-hydrogen) atoms. The highest BCUT2D eigenvalue weighted by Crippen LogP contribution is 2.44. The van der Waals surface area contributed by atoms with Crippen molar-refractivity contribution in [1.82, 2.24) is 42.5 Å². The number of ether oxygens (including phenoxy) is 4. The van der Waals surface area contributed by atoms with E-state index in [1.54, 1.807) is 55.4 Å². The number of primary amides is 1. The zero-order valence-electron chi connectivity index (χ0n) is 45.1. The van der Waals surface area contributed by atoms with Crippen LogP contribution in [0, 0.1) is 11.8 Å². The van der Waals surface area contributed by atoms with Gasteiger partial charge >= 0.3 is 24.1 Å². The predicted octanol–water partition coefficient (Wildman–Crippen LogP) is 1.46. The standard InChI is InChI=1S/C52H75N9O15/c1-28(2)22-38(48(70)75-51(6,7)8)59-46(68)37(58-47(69)43(29(3)4)61-49(71)74-26-35-33-18-14-12-16-31(33)32-17-13-15-19-34(32)35)23-42(65)73-27-41(64)54-21-20-36(60-50(72)76-52(9,10)11)45(67)57-30(5)44(66)56-25-40(63)55-24-39(53)62/h12-19,28-30,35-38,43H,20-27H2,1-11H3,(H2,53,62)(H,54,64)(H,55,63)(H,56,66)(H,57,67)(H,58,69)(H,59,68)(H,60,72)(H,61,71)/t30-,36+,37-,38-,43-/m0/s1. The second-order valence-corrected chi connectivity index (χ2v) is 20.9. The average Bonchev–Trinajstić information content (AvgIpc) is 3.63. The molecule has 2 aromatic rings. The molecule has 24 nitrogen and oxygen atoms in total. The molecule has 0 radical (unpaired) electrons. The summed E-state index contributed by atoms with van der Waals surface area (Å²) in [5.41, 5.74) is 7.07. The highest BCUT2D eigenvalue weighted by Gasteiger charge is 2.36. The van der Waals surface area contributed by atoms with Crippen LogP contribution in [-0.4, -0.2) is 140 Å². The molecule has 1 aliphatic rings. The monoisotopic (exact) mass is 1070 g/mol. The number of benzene rings is 2. The summed E-state index contributed by atoms with van der Waals surface area (Å²) in [6.45, 7) is 15.6. The number of carbonyl (C=O) groups is 11. The van der Waals surface area contributed by atoms with E-state index in [4.69, 9.17) is 24.7 Å². The molecule has 1 aliphatic carbocycles. The number of alkyl carbamates (subject to hydrolysis) is 2. The van der Waals surface area contributed by atoms with Gasteiger partial charge in [0.15, 0.2) is 6.61 Å². The fraction of sp³-hybridized carbons (Fsp3) is 0.558. The van der Waals surface area contributed by atoms with E-state index in [1.165, 1.54) is 6.92 Å². The number of hydrogen-bond donors (Lipinski definition) is 9. The summed E-state index contributed by atoms with van der Waals surface area (Å²) in [7, 11) is 0. The Morgan fingerprint density at radius 1 is 0.579 bits per heavy atom. The van der Waals surface area contributed by atoms with Crippen LogP contribution in [0.5, 0.6) is 0 Å². The summed E-state index contributed by atoms with van der Waals surface area (Å²) in [5, 5.41) is 19.3. The molecule has 0 saturated carbocycles. The van der Waals surface area contributed by atoms with E-state index in [1.807, 2.05) is 62.4 Å². The lowest BCUT2D eigenvalue weighted by molar-refractivity contribution is -0.159. The predicted molar refractivity (Wildman–Crippen MR) is 275 cm³/mol. The van der Waals surface area contributed by atoms with Gasteiger partial charge in [-0.2, -0.15) is 0 Å². The average molecular weight is 1070 g/mol. The summed E-state index contributed by atoms with van der Waals surface area (Å²) in [5.74, 6) is -8.83. The van der Waals surface area contributed by atoms with Gasteiger partial charge in [0.25, 0.3) is 5.91 Å². The molecule has 24 heteroatoms. The summed E-state index contributed by atoms with van der Waals surface area (Å²) in [4.78, 5) is 143. The fourth-order valence-corrected chi connectivity index (χ4v) is 7.55. The van der Waals surface area contributed by atoms with Gasteiger partial charge in [0.2, 0.25) is 35.4 Å². The van der Waals surface area contributed by atoms with Gasteiger partial charge in [-0.3, -0.25) is 38.4 Å². The Bertz CT molecular complexity index is 2390. The molecule has 418 valence electrons. The first kappa shape index (κ1) is 62.5. The van der Waals surface area contributed by atoms with E-state index < -0.39 is 139 Å². The SMILES string of the molecule is CC(C)C[C@H](NC(=O)[C@H](CC(=O)OCC(=O)NCC[C@@H](NC(=O)OC(C)(C)C)C(=O)N[C@@H](C)C(=O)NCC(=O)NCC(N)=O)NC(=O)[C@@H](NC(=O)OCC1c2ccccc2-c2ccccc21)C(C)C)C(=O)OC(C)(C)C. The Labute approximate surface area is 442 Å². The number of nitrogens with one attached hydrogen (secondary N) is 8. The number of nitrogens with two attached hydrogens (primary N) is 1. The highest BCUT2D eigenvalue weighted by molar-refractivity contribution is 5.96. The molecule has 0 fully saturated rings. The zero-order valence-corrected chi connectivity index (χ0v) is 45.1. The Morgan fingerprint density at radius 3 is 1.70 bits per heavy atom. The number of rotatable bonds is 26. The minimum absolute atomic E-state index is 0.0520. The number of esters is 2. The van der Waals surface area contributed by atoms with Gasteiger partial charge in [-0.05, 0) is 95.4 Å². The minimum atomic E-state index is -1.72. The van der Waals surface area contributed by atoms with Crippen LogP contribution in [0.4, 0.5) is 9.59 Å². The summed E-state index contributed by atoms with van der Waals surface area (Å²) < 4.78 is 21.7. The quantitative estimate of drug-likeness (QED) is 0.0476. The zero-order chi connectivity index (χ0) is 57.1. The van der Waals surface area contributed by atoms with Crippen molar-refractivity contribution >= 4 is 65.5 Å². The van der Waals surface area contributed by atoms with E-state index in [0.29, 0.717) is 0 Å². The van der Waals surface area contributed by atoms with Crippen molar-refractivity contribution < 1.29 is 71.7 Å².